The van der Waals surface area contributed by atoms with E-state index in [9.17, 15) is 8.42 Å². The van der Waals surface area contributed by atoms with E-state index in [2.05, 4.69) is 9.12 Å². The lowest BCUT2D eigenvalue weighted by atomic mass is 10.1. The van der Waals surface area contributed by atoms with E-state index in [1.807, 2.05) is 18.2 Å². The third kappa shape index (κ3) is 5.04. The fourth-order valence-corrected chi connectivity index (χ4v) is 2.17. The molecule has 1 aromatic carbocycles. The van der Waals surface area contributed by atoms with Crippen molar-refractivity contribution in [3.05, 3.63) is 35.9 Å². The van der Waals surface area contributed by atoms with Crippen molar-refractivity contribution in [1.29, 1.82) is 0 Å². The first-order valence-electron chi connectivity index (χ1n) is 4.93. The van der Waals surface area contributed by atoms with Crippen LogP contribution in [-0.2, 0) is 10.2 Å². The van der Waals surface area contributed by atoms with Crippen LogP contribution in [0, 0.1) is 0 Å². The van der Waals surface area contributed by atoms with Crippen LogP contribution in [0.25, 0.3) is 0 Å². The number of nitrogens with one attached hydrogen (secondary N) is 1. The normalized spacial score (nSPS) is 13.2. The van der Waals surface area contributed by atoms with Gasteiger partial charge in [0.2, 0.25) is 0 Å². The molecule has 0 radical (unpaired) electrons. The fourth-order valence-electron chi connectivity index (χ4n) is 1.08. The second kappa shape index (κ2) is 4.76. The van der Waals surface area contributed by atoms with Gasteiger partial charge in [0.25, 0.3) is 0 Å². The van der Waals surface area contributed by atoms with Gasteiger partial charge >= 0.3 is 10.2 Å². The van der Waals surface area contributed by atoms with Gasteiger partial charge < -0.3 is 0 Å². The zero-order chi connectivity index (χ0) is 12.2. The van der Waals surface area contributed by atoms with Gasteiger partial charge in [-0.3, -0.25) is 0 Å². The molecule has 4 nitrogen and oxygen atoms in total. The van der Waals surface area contributed by atoms with Gasteiger partial charge in [-0.2, -0.15) is 17.5 Å². The van der Waals surface area contributed by atoms with Crippen molar-refractivity contribution in [3.8, 4) is 0 Å². The summed E-state index contributed by atoms with van der Waals surface area (Å²) in [6, 6.07) is 9.09. The summed E-state index contributed by atoms with van der Waals surface area (Å²) < 4.78 is 29.0. The average molecular weight is 240 g/mol. The smallest absolute Gasteiger partial charge is 0.191 e. The molecule has 0 atom stereocenters. The van der Waals surface area contributed by atoms with Crippen molar-refractivity contribution >= 4 is 16.4 Å². The summed E-state index contributed by atoms with van der Waals surface area (Å²) in [4.78, 5) is 0. The highest BCUT2D eigenvalue weighted by Crippen LogP contribution is 2.03. The van der Waals surface area contributed by atoms with Crippen molar-refractivity contribution in [3.63, 3.8) is 0 Å². The first-order valence-corrected chi connectivity index (χ1v) is 6.37. The van der Waals surface area contributed by atoms with Gasteiger partial charge in [-0.05, 0) is 26.3 Å². The Hall–Kier alpha value is -1.20. The molecule has 0 bridgehead atoms. The fraction of sp³-hybridized carbons (Fsp3) is 0.364. The second-order valence-electron chi connectivity index (χ2n) is 4.47. The molecular weight excluding hydrogens is 224 g/mol. The maximum Gasteiger partial charge on any atom is 0.320 e. The predicted molar refractivity (Wildman–Crippen MR) is 65.8 cm³/mol. The van der Waals surface area contributed by atoms with E-state index in [-0.39, 0.29) is 0 Å². The van der Waals surface area contributed by atoms with E-state index >= 15 is 0 Å². The minimum absolute atomic E-state index is 0.521. The van der Waals surface area contributed by atoms with Crippen molar-refractivity contribution in [2.45, 2.75) is 26.3 Å². The van der Waals surface area contributed by atoms with E-state index in [4.69, 9.17) is 0 Å². The highest BCUT2D eigenvalue weighted by Gasteiger charge is 2.17. The minimum Gasteiger partial charge on any atom is -0.191 e. The summed E-state index contributed by atoms with van der Waals surface area (Å²) in [6.45, 7) is 5.30. The molecule has 88 valence electrons. The van der Waals surface area contributed by atoms with Gasteiger partial charge in [0.1, 0.15) is 0 Å². The van der Waals surface area contributed by atoms with Crippen LogP contribution in [0.15, 0.2) is 34.7 Å². The SMILES string of the molecule is CC(C)(C)NS(=O)(=O)N=Cc1ccccc1. The van der Waals surface area contributed by atoms with Crippen LogP contribution >= 0.6 is 0 Å². The Morgan fingerprint density at radius 2 is 1.75 bits per heavy atom. The Morgan fingerprint density at radius 1 is 1.19 bits per heavy atom. The summed E-state index contributed by atoms with van der Waals surface area (Å²) in [5.74, 6) is 0. The monoisotopic (exact) mass is 240 g/mol. The van der Waals surface area contributed by atoms with E-state index in [0.717, 1.165) is 5.56 Å². The summed E-state index contributed by atoms with van der Waals surface area (Å²) in [5.41, 5.74) is 0.231. The van der Waals surface area contributed by atoms with Crippen molar-refractivity contribution in [1.82, 2.24) is 4.72 Å². The maximum absolute atomic E-state index is 11.5. The van der Waals surface area contributed by atoms with E-state index in [1.54, 1.807) is 32.9 Å². The molecule has 1 rings (SSSR count). The topological polar surface area (TPSA) is 58.5 Å². The van der Waals surface area contributed by atoms with E-state index in [0.29, 0.717) is 0 Å². The standard InChI is InChI=1S/C11H16N2O2S/c1-11(2,3)13-16(14,15)12-9-10-7-5-4-6-8-10/h4-9,13H,1-3H3. The molecule has 0 fully saturated rings. The van der Waals surface area contributed by atoms with Gasteiger partial charge in [0, 0.05) is 11.8 Å². The number of hydrogen-bond acceptors (Lipinski definition) is 2. The van der Waals surface area contributed by atoms with Crippen LogP contribution in [-0.4, -0.2) is 20.2 Å². The molecule has 0 aliphatic heterocycles. The largest absolute Gasteiger partial charge is 0.320 e. The Kier molecular flexibility index (Phi) is 3.83. The third-order valence-electron chi connectivity index (χ3n) is 1.58. The van der Waals surface area contributed by atoms with Crippen LogP contribution in [0.3, 0.4) is 0 Å². The van der Waals surface area contributed by atoms with Crippen LogP contribution in [0.5, 0.6) is 0 Å². The van der Waals surface area contributed by atoms with Crippen molar-refractivity contribution in [2.24, 2.45) is 4.40 Å². The van der Waals surface area contributed by atoms with E-state index in [1.165, 1.54) is 6.21 Å². The van der Waals surface area contributed by atoms with E-state index < -0.39 is 15.7 Å². The molecule has 5 heteroatoms. The molecule has 0 spiro atoms. The zero-order valence-corrected chi connectivity index (χ0v) is 10.5. The number of benzene rings is 1. The summed E-state index contributed by atoms with van der Waals surface area (Å²) in [5, 5.41) is 0. The summed E-state index contributed by atoms with van der Waals surface area (Å²) in [7, 11) is -3.62. The molecule has 0 aliphatic rings. The lowest BCUT2D eigenvalue weighted by molar-refractivity contribution is 0.492. The highest BCUT2D eigenvalue weighted by molar-refractivity contribution is 7.88. The molecule has 0 amide bonds. The molecule has 0 heterocycles. The Bertz CT molecular complexity index is 459. The minimum atomic E-state index is -3.62. The van der Waals surface area contributed by atoms with Gasteiger partial charge in [0.15, 0.2) is 0 Å². The Labute approximate surface area is 96.6 Å². The molecule has 16 heavy (non-hydrogen) atoms. The van der Waals surface area contributed by atoms with Gasteiger partial charge in [-0.15, -0.1) is 0 Å². The van der Waals surface area contributed by atoms with Crippen LogP contribution in [0.1, 0.15) is 26.3 Å². The number of nitrogens with zero attached hydrogens (tertiary/aromatic N) is 1. The molecular formula is C11H16N2O2S. The molecule has 1 aromatic rings. The van der Waals surface area contributed by atoms with Crippen LogP contribution in [0.4, 0.5) is 0 Å². The maximum atomic E-state index is 11.5. The lowest BCUT2D eigenvalue weighted by Crippen LogP contribution is -2.39. The van der Waals surface area contributed by atoms with Crippen molar-refractivity contribution in [2.75, 3.05) is 0 Å². The molecule has 0 aliphatic carbocycles. The first kappa shape index (κ1) is 12.9. The number of rotatable bonds is 3. The average Bonchev–Trinajstić information content (AvgIpc) is 2.13. The summed E-state index contributed by atoms with van der Waals surface area (Å²) >= 11 is 0. The van der Waals surface area contributed by atoms with Crippen LogP contribution in [0.2, 0.25) is 0 Å². The zero-order valence-electron chi connectivity index (χ0n) is 9.64. The molecule has 0 saturated heterocycles. The van der Waals surface area contributed by atoms with Gasteiger partial charge in [0.05, 0.1) is 0 Å². The molecule has 0 aromatic heterocycles. The van der Waals surface area contributed by atoms with Gasteiger partial charge in [-0.25, -0.2) is 0 Å². The lowest BCUT2D eigenvalue weighted by Gasteiger charge is -2.17. The quantitative estimate of drug-likeness (QED) is 0.818. The molecule has 0 saturated carbocycles. The summed E-state index contributed by atoms with van der Waals surface area (Å²) in [6.07, 6.45) is 1.33. The molecule has 1 N–H and O–H groups in total. The van der Waals surface area contributed by atoms with Crippen molar-refractivity contribution < 1.29 is 8.42 Å². The van der Waals surface area contributed by atoms with Crippen LogP contribution < -0.4 is 4.72 Å². The highest BCUT2D eigenvalue weighted by atomic mass is 32.2. The Morgan fingerprint density at radius 3 is 2.25 bits per heavy atom. The molecule has 0 unspecified atom stereocenters. The number of hydrogen-bond donors (Lipinski definition) is 1. The second-order valence-corrected chi connectivity index (χ2v) is 5.84. The first-order chi connectivity index (χ1) is 7.29. The van der Waals surface area contributed by atoms with Gasteiger partial charge in [-0.1, -0.05) is 30.3 Å². The predicted octanol–water partition coefficient (Wildman–Crippen LogP) is 1.74. The third-order valence-corrected chi connectivity index (χ3v) is 2.83. The Balaban J connectivity index is 2.78.